The van der Waals surface area contributed by atoms with E-state index in [0.29, 0.717) is 0 Å². The maximum Gasteiger partial charge on any atom is 0.199 e. The molecule has 1 N–H and O–H groups in total. The van der Waals surface area contributed by atoms with Crippen molar-refractivity contribution in [2.24, 2.45) is 0 Å². The van der Waals surface area contributed by atoms with Crippen LogP contribution < -0.4 is 5.32 Å². The first kappa shape index (κ1) is 6.33. The molecular formula is C7H9FN. The summed E-state index contributed by atoms with van der Waals surface area (Å²) >= 11 is 0. The first-order valence-electron chi connectivity index (χ1n) is 2.87. The van der Waals surface area contributed by atoms with Crippen molar-refractivity contribution in [2.45, 2.75) is 12.2 Å². The van der Waals surface area contributed by atoms with Crippen molar-refractivity contribution in [1.29, 1.82) is 0 Å². The highest BCUT2D eigenvalue weighted by molar-refractivity contribution is 5.15. The van der Waals surface area contributed by atoms with E-state index in [1.54, 1.807) is 18.4 Å². The van der Waals surface area contributed by atoms with Gasteiger partial charge in [0.1, 0.15) is 0 Å². The SMILES string of the molecule is [CH2]CC1(F)C=CC=CN1. The molecule has 0 aliphatic carbocycles. The Morgan fingerprint density at radius 1 is 1.56 bits per heavy atom. The summed E-state index contributed by atoms with van der Waals surface area (Å²) in [5.41, 5.74) is 0. The lowest BCUT2D eigenvalue weighted by Gasteiger charge is -2.21. The van der Waals surface area contributed by atoms with Gasteiger partial charge >= 0.3 is 0 Å². The van der Waals surface area contributed by atoms with Crippen molar-refractivity contribution in [2.75, 3.05) is 0 Å². The van der Waals surface area contributed by atoms with E-state index in [4.69, 9.17) is 0 Å². The molecule has 0 saturated heterocycles. The van der Waals surface area contributed by atoms with Crippen LogP contribution in [-0.2, 0) is 0 Å². The molecule has 1 aliphatic rings. The lowest BCUT2D eigenvalue weighted by molar-refractivity contribution is 0.200. The number of halogens is 1. The molecular weight excluding hydrogens is 117 g/mol. The highest BCUT2D eigenvalue weighted by Gasteiger charge is 2.21. The maximum absolute atomic E-state index is 13.0. The summed E-state index contributed by atoms with van der Waals surface area (Å²) in [6.45, 7) is 3.46. The van der Waals surface area contributed by atoms with Gasteiger partial charge in [0.15, 0.2) is 5.79 Å². The normalized spacial score (nSPS) is 32.2. The van der Waals surface area contributed by atoms with Crippen molar-refractivity contribution >= 4 is 0 Å². The molecule has 1 unspecified atom stereocenters. The molecule has 0 aromatic heterocycles. The molecule has 1 atom stereocenters. The molecule has 0 amide bonds. The first-order valence-corrected chi connectivity index (χ1v) is 2.87. The predicted molar refractivity (Wildman–Crippen MR) is 35.2 cm³/mol. The molecule has 2 heteroatoms. The molecule has 1 nitrogen and oxygen atoms in total. The van der Waals surface area contributed by atoms with Crippen LogP contribution in [0.15, 0.2) is 24.4 Å². The number of hydrogen-bond donors (Lipinski definition) is 1. The molecule has 0 aromatic carbocycles. The van der Waals surface area contributed by atoms with Gasteiger partial charge in [0.25, 0.3) is 0 Å². The van der Waals surface area contributed by atoms with Gasteiger partial charge in [-0.2, -0.15) is 0 Å². The molecule has 1 radical (unpaired) electrons. The second-order valence-electron chi connectivity index (χ2n) is 1.98. The van der Waals surface area contributed by atoms with Crippen molar-refractivity contribution in [3.63, 3.8) is 0 Å². The van der Waals surface area contributed by atoms with Crippen molar-refractivity contribution in [3.05, 3.63) is 31.4 Å². The van der Waals surface area contributed by atoms with Crippen LogP contribution in [0.5, 0.6) is 0 Å². The molecule has 9 heavy (non-hydrogen) atoms. The monoisotopic (exact) mass is 126 g/mol. The van der Waals surface area contributed by atoms with E-state index in [2.05, 4.69) is 12.2 Å². The standard InChI is InChI=1S/C7H9FN/c1-2-7(8)5-3-4-6-9-7/h3-6,9H,1-2H2. The van der Waals surface area contributed by atoms with Gasteiger partial charge in [-0.05, 0) is 25.3 Å². The smallest absolute Gasteiger partial charge is 0.199 e. The Hall–Kier alpha value is -0.790. The zero-order chi connectivity index (χ0) is 6.74. The zero-order valence-corrected chi connectivity index (χ0v) is 5.10. The van der Waals surface area contributed by atoms with Gasteiger partial charge < -0.3 is 5.32 Å². The first-order chi connectivity index (χ1) is 4.27. The summed E-state index contributed by atoms with van der Waals surface area (Å²) in [7, 11) is 0. The Morgan fingerprint density at radius 2 is 2.33 bits per heavy atom. The summed E-state index contributed by atoms with van der Waals surface area (Å²) < 4.78 is 13.0. The third kappa shape index (κ3) is 1.31. The van der Waals surface area contributed by atoms with Crippen LogP contribution in [0.25, 0.3) is 0 Å². The van der Waals surface area contributed by atoms with Gasteiger partial charge in [-0.1, -0.05) is 6.08 Å². The third-order valence-electron chi connectivity index (χ3n) is 1.25. The van der Waals surface area contributed by atoms with Gasteiger partial charge in [0, 0.05) is 6.42 Å². The van der Waals surface area contributed by atoms with Gasteiger partial charge in [-0.25, -0.2) is 4.39 Å². The van der Waals surface area contributed by atoms with Gasteiger partial charge in [-0.15, -0.1) is 0 Å². The van der Waals surface area contributed by atoms with Crippen LogP contribution in [0.3, 0.4) is 0 Å². The lowest BCUT2D eigenvalue weighted by atomic mass is 10.1. The Morgan fingerprint density at radius 3 is 2.67 bits per heavy atom. The minimum atomic E-state index is -1.41. The van der Waals surface area contributed by atoms with Gasteiger partial charge in [0.2, 0.25) is 0 Å². The van der Waals surface area contributed by atoms with E-state index in [1.165, 1.54) is 6.08 Å². The molecule has 1 heterocycles. The zero-order valence-electron chi connectivity index (χ0n) is 5.10. The molecule has 0 aromatic rings. The van der Waals surface area contributed by atoms with Crippen LogP contribution in [0.4, 0.5) is 4.39 Å². The highest BCUT2D eigenvalue weighted by atomic mass is 19.1. The van der Waals surface area contributed by atoms with E-state index in [0.717, 1.165) is 0 Å². The largest absolute Gasteiger partial charge is 0.357 e. The van der Waals surface area contributed by atoms with E-state index < -0.39 is 5.79 Å². The third-order valence-corrected chi connectivity index (χ3v) is 1.25. The summed E-state index contributed by atoms with van der Waals surface area (Å²) in [5.74, 6) is -1.41. The fraction of sp³-hybridized carbons (Fsp3) is 0.286. The molecule has 1 aliphatic heterocycles. The summed E-state index contributed by atoms with van der Waals surface area (Å²) in [6.07, 6.45) is 6.66. The topological polar surface area (TPSA) is 12.0 Å². The highest BCUT2D eigenvalue weighted by Crippen LogP contribution is 2.15. The number of allylic oxidation sites excluding steroid dienone is 2. The van der Waals surface area contributed by atoms with Crippen molar-refractivity contribution in [3.8, 4) is 0 Å². The summed E-state index contributed by atoms with van der Waals surface area (Å²) in [4.78, 5) is 0. The van der Waals surface area contributed by atoms with E-state index >= 15 is 0 Å². The second kappa shape index (κ2) is 2.21. The van der Waals surface area contributed by atoms with Crippen LogP contribution >= 0.6 is 0 Å². The van der Waals surface area contributed by atoms with Crippen LogP contribution in [0.2, 0.25) is 0 Å². The average molecular weight is 126 g/mol. The fourth-order valence-corrected chi connectivity index (χ4v) is 0.654. The van der Waals surface area contributed by atoms with Crippen LogP contribution in [-0.4, -0.2) is 5.79 Å². The summed E-state index contributed by atoms with van der Waals surface area (Å²) in [6, 6.07) is 0. The van der Waals surface area contributed by atoms with E-state index in [1.807, 2.05) is 0 Å². The minimum Gasteiger partial charge on any atom is -0.357 e. The number of hydrogen-bond acceptors (Lipinski definition) is 1. The number of dihydropyridines is 1. The Labute approximate surface area is 54.3 Å². The Kier molecular flexibility index (Phi) is 1.56. The maximum atomic E-state index is 13.0. The molecule has 0 fully saturated rings. The molecule has 49 valence electrons. The van der Waals surface area contributed by atoms with Crippen molar-refractivity contribution < 1.29 is 4.39 Å². The Balaban J connectivity index is 2.63. The molecule has 0 saturated carbocycles. The average Bonchev–Trinajstić information content (AvgIpc) is 1.90. The predicted octanol–water partition coefficient (Wildman–Crippen LogP) is 1.55. The Bertz CT molecular complexity index is 151. The van der Waals surface area contributed by atoms with Crippen LogP contribution in [0.1, 0.15) is 6.42 Å². The molecule has 0 spiro atoms. The van der Waals surface area contributed by atoms with E-state index in [-0.39, 0.29) is 6.42 Å². The van der Waals surface area contributed by atoms with Gasteiger partial charge in [-0.3, -0.25) is 0 Å². The fourth-order valence-electron chi connectivity index (χ4n) is 0.654. The molecule has 0 bridgehead atoms. The lowest BCUT2D eigenvalue weighted by Crippen LogP contribution is -2.35. The molecule has 1 rings (SSSR count). The summed E-state index contributed by atoms with van der Waals surface area (Å²) in [5, 5.41) is 2.55. The minimum absolute atomic E-state index is 0.216. The van der Waals surface area contributed by atoms with Crippen molar-refractivity contribution in [1.82, 2.24) is 5.32 Å². The van der Waals surface area contributed by atoms with Gasteiger partial charge in [0.05, 0.1) is 0 Å². The quantitative estimate of drug-likeness (QED) is 0.525. The van der Waals surface area contributed by atoms with E-state index in [9.17, 15) is 4.39 Å². The second-order valence-corrected chi connectivity index (χ2v) is 1.98. The number of nitrogens with one attached hydrogen (secondary N) is 1. The number of rotatable bonds is 1. The van der Waals surface area contributed by atoms with Crippen LogP contribution in [0, 0.1) is 6.92 Å². The number of alkyl halides is 1.